The molecule has 0 amide bonds. The third-order valence-electron chi connectivity index (χ3n) is 5.59. The SMILES string of the molecule is COc1ccc(CCN[C@H]2CS(=O)(=O)C[C@@H]2S(=O)(=O)c2cc(C)ccc2OC)cc1OC. The molecule has 0 saturated carbocycles. The van der Waals surface area contributed by atoms with E-state index in [9.17, 15) is 16.8 Å². The molecule has 32 heavy (non-hydrogen) atoms. The van der Waals surface area contributed by atoms with E-state index < -0.39 is 36.7 Å². The smallest absolute Gasteiger partial charge is 0.187 e. The maximum atomic E-state index is 13.4. The molecule has 10 heteroatoms. The van der Waals surface area contributed by atoms with Crippen LogP contribution in [0.4, 0.5) is 0 Å². The van der Waals surface area contributed by atoms with Gasteiger partial charge in [0.15, 0.2) is 31.2 Å². The fraction of sp³-hybridized carbons (Fsp3) is 0.455. The number of sulfone groups is 2. The molecule has 1 saturated heterocycles. The molecule has 1 fully saturated rings. The van der Waals surface area contributed by atoms with E-state index in [0.29, 0.717) is 24.5 Å². The molecule has 0 bridgehead atoms. The number of nitrogens with one attached hydrogen (secondary N) is 1. The molecule has 2 aromatic rings. The Morgan fingerprint density at radius 3 is 2.25 bits per heavy atom. The zero-order chi connectivity index (χ0) is 23.5. The van der Waals surface area contributed by atoms with Gasteiger partial charge in [0.05, 0.1) is 38.1 Å². The number of ether oxygens (including phenoxy) is 3. The second kappa shape index (κ2) is 9.68. The van der Waals surface area contributed by atoms with Crippen molar-refractivity contribution in [3.05, 3.63) is 47.5 Å². The monoisotopic (exact) mass is 483 g/mol. The van der Waals surface area contributed by atoms with Gasteiger partial charge in [-0.1, -0.05) is 12.1 Å². The first-order valence-corrected chi connectivity index (χ1v) is 13.5. The fourth-order valence-electron chi connectivity index (χ4n) is 3.92. The lowest BCUT2D eigenvalue weighted by atomic mass is 10.1. The first-order chi connectivity index (χ1) is 15.1. The van der Waals surface area contributed by atoms with Crippen LogP contribution in [0.1, 0.15) is 11.1 Å². The van der Waals surface area contributed by atoms with Gasteiger partial charge in [-0.3, -0.25) is 0 Å². The Morgan fingerprint density at radius 1 is 0.938 bits per heavy atom. The van der Waals surface area contributed by atoms with E-state index in [1.54, 1.807) is 39.3 Å². The van der Waals surface area contributed by atoms with Crippen molar-refractivity contribution in [3.63, 3.8) is 0 Å². The molecule has 1 heterocycles. The van der Waals surface area contributed by atoms with E-state index in [0.717, 1.165) is 11.1 Å². The van der Waals surface area contributed by atoms with Crippen LogP contribution in [-0.4, -0.2) is 67.5 Å². The van der Waals surface area contributed by atoms with Gasteiger partial charge >= 0.3 is 0 Å². The van der Waals surface area contributed by atoms with Gasteiger partial charge in [0.1, 0.15) is 10.6 Å². The highest BCUT2D eigenvalue weighted by Crippen LogP contribution is 2.32. The molecule has 0 radical (unpaired) electrons. The largest absolute Gasteiger partial charge is 0.495 e. The Balaban J connectivity index is 1.80. The summed E-state index contributed by atoms with van der Waals surface area (Å²) in [7, 11) is -2.93. The lowest BCUT2D eigenvalue weighted by Gasteiger charge is -2.21. The summed E-state index contributed by atoms with van der Waals surface area (Å²) in [6.45, 7) is 2.19. The van der Waals surface area contributed by atoms with Gasteiger partial charge in [-0.2, -0.15) is 0 Å². The van der Waals surface area contributed by atoms with Gasteiger partial charge in [-0.25, -0.2) is 16.8 Å². The zero-order valence-electron chi connectivity index (χ0n) is 18.6. The van der Waals surface area contributed by atoms with Crippen LogP contribution in [0.25, 0.3) is 0 Å². The van der Waals surface area contributed by atoms with Crippen LogP contribution in [0.2, 0.25) is 0 Å². The van der Waals surface area contributed by atoms with E-state index in [1.807, 2.05) is 12.1 Å². The second-order valence-electron chi connectivity index (χ2n) is 7.81. The Bertz CT molecular complexity index is 1180. The summed E-state index contributed by atoms with van der Waals surface area (Å²) in [6.07, 6.45) is 0.567. The highest BCUT2D eigenvalue weighted by atomic mass is 32.2. The fourth-order valence-corrected chi connectivity index (χ4v) is 8.88. The van der Waals surface area contributed by atoms with Crippen molar-refractivity contribution in [1.29, 1.82) is 0 Å². The molecule has 1 N–H and O–H groups in total. The van der Waals surface area contributed by atoms with Crippen molar-refractivity contribution >= 4 is 19.7 Å². The van der Waals surface area contributed by atoms with Crippen LogP contribution >= 0.6 is 0 Å². The van der Waals surface area contributed by atoms with E-state index in [1.165, 1.54) is 13.2 Å². The summed E-state index contributed by atoms with van der Waals surface area (Å²) in [4.78, 5) is 0.0220. The van der Waals surface area contributed by atoms with Gasteiger partial charge < -0.3 is 19.5 Å². The molecular weight excluding hydrogens is 454 g/mol. The van der Waals surface area contributed by atoms with Gasteiger partial charge in [-0.15, -0.1) is 0 Å². The Hall–Kier alpha value is -2.30. The summed E-state index contributed by atoms with van der Waals surface area (Å²) >= 11 is 0. The average Bonchev–Trinajstić information content (AvgIpc) is 3.08. The first-order valence-electron chi connectivity index (χ1n) is 10.1. The van der Waals surface area contributed by atoms with Crippen LogP contribution in [-0.2, 0) is 26.1 Å². The Morgan fingerprint density at radius 2 is 1.59 bits per heavy atom. The summed E-state index contributed by atoms with van der Waals surface area (Å²) < 4.78 is 67.4. The third kappa shape index (κ3) is 5.19. The lowest BCUT2D eigenvalue weighted by molar-refractivity contribution is 0.354. The summed E-state index contributed by atoms with van der Waals surface area (Å²) in [5, 5.41) is 2.07. The minimum Gasteiger partial charge on any atom is -0.495 e. The number of methoxy groups -OCH3 is 3. The number of rotatable bonds is 9. The van der Waals surface area contributed by atoms with Crippen molar-refractivity contribution in [2.45, 2.75) is 29.5 Å². The molecule has 0 unspecified atom stereocenters. The molecule has 1 aliphatic heterocycles. The predicted octanol–water partition coefficient (Wildman–Crippen LogP) is 1.79. The minimum absolute atomic E-state index is 0.0220. The van der Waals surface area contributed by atoms with E-state index >= 15 is 0 Å². The molecule has 0 aliphatic carbocycles. The summed E-state index contributed by atoms with van der Waals surface area (Å²) in [5.41, 5.74) is 1.71. The van der Waals surface area contributed by atoms with Crippen molar-refractivity contribution < 1.29 is 31.0 Å². The molecular formula is C22H29NO7S2. The molecule has 1 aliphatic rings. The van der Waals surface area contributed by atoms with Crippen molar-refractivity contribution in [1.82, 2.24) is 5.32 Å². The van der Waals surface area contributed by atoms with Crippen LogP contribution in [0.5, 0.6) is 17.2 Å². The number of hydrogen-bond acceptors (Lipinski definition) is 8. The van der Waals surface area contributed by atoms with Gasteiger partial charge in [0, 0.05) is 6.04 Å². The minimum atomic E-state index is -3.94. The van der Waals surface area contributed by atoms with Crippen molar-refractivity contribution in [2.24, 2.45) is 0 Å². The van der Waals surface area contributed by atoms with E-state index in [4.69, 9.17) is 14.2 Å². The number of hydrogen-bond donors (Lipinski definition) is 1. The number of aryl methyl sites for hydroxylation is 1. The second-order valence-corrected chi connectivity index (χ2v) is 12.1. The Labute approximate surface area is 189 Å². The topological polar surface area (TPSA) is 108 Å². The highest BCUT2D eigenvalue weighted by Gasteiger charge is 2.46. The number of benzene rings is 2. The van der Waals surface area contributed by atoms with Crippen molar-refractivity contribution in [3.8, 4) is 17.2 Å². The highest BCUT2D eigenvalue weighted by molar-refractivity contribution is 7.96. The zero-order valence-corrected chi connectivity index (χ0v) is 20.3. The molecule has 2 aromatic carbocycles. The first kappa shape index (κ1) is 24.3. The van der Waals surface area contributed by atoms with E-state index in [-0.39, 0.29) is 16.4 Å². The normalized spacial score (nSPS) is 20.1. The Kier molecular flexibility index (Phi) is 7.36. The van der Waals surface area contributed by atoms with Crippen molar-refractivity contribution in [2.75, 3.05) is 39.4 Å². The van der Waals surface area contributed by atoms with Crippen LogP contribution in [0.15, 0.2) is 41.3 Å². The third-order valence-corrected chi connectivity index (χ3v) is 9.76. The van der Waals surface area contributed by atoms with Gasteiger partial charge in [-0.05, 0) is 55.3 Å². The van der Waals surface area contributed by atoms with Crippen LogP contribution in [0, 0.1) is 6.92 Å². The average molecular weight is 484 g/mol. The molecule has 176 valence electrons. The maximum absolute atomic E-state index is 13.4. The van der Waals surface area contributed by atoms with Gasteiger partial charge in [0.2, 0.25) is 0 Å². The predicted molar refractivity (Wildman–Crippen MR) is 122 cm³/mol. The molecule has 3 rings (SSSR count). The molecule has 0 spiro atoms. The standard InChI is InChI=1S/C22H29NO7S2/c1-15-5-7-19(29-3)21(11-15)32(26,27)22-14-31(24,25)13-17(22)23-10-9-16-6-8-18(28-2)20(12-16)30-4/h5-8,11-12,17,22-23H,9-10,13-14H2,1-4H3/t17-,22-/m0/s1. The lowest BCUT2D eigenvalue weighted by Crippen LogP contribution is -2.44. The summed E-state index contributed by atoms with van der Waals surface area (Å²) in [5.74, 6) is 0.783. The molecule has 2 atom stereocenters. The molecule has 0 aromatic heterocycles. The van der Waals surface area contributed by atoms with Gasteiger partial charge in [0.25, 0.3) is 0 Å². The van der Waals surface area contributed by atoms with Crippen LogP contribution < -0.4 is 19.5 Å². The molecule has 8 nitrogen and oxygen atoms in total. The van der Waals surface area contributed by atoms with Crippen LogP contribution in [0.3, 0.4) is 0 Å². The van der Waals surface area contributed by atoms with E-state index in [2.05, 4.69) is 5.32 Å². The summed E-state index contributed by atoms with van der Waals surface area (Å²) in [6, 6.07) is 9.69. The quantitative estimate of drug-likeness (QED) is 0.575. The maximum Gasteiger partial charge on any atom is 0.187 e.